The van der Waals surface area contributed by atoms with Crippen LogP contribution in [-0.2, 0) is 16.0 Å². The van der Waals surface area contributed by atoms with Crippen molar-refractivity contribution in [1.82, 2.24) is 0 Å². The highest BCUT2D eigenvalue weighted by Gasteiger charge is 2.14. The lowest BCUT2D eigenvalue weighted by molar-refractivity contribution is -0.143. The Bertz CT molecular complexity index is 394. The van der Waals surface area contributed by atoms with Gasteiger partial charge in [0.1, 0.15) is 0 Å². The molecule has 0 aromatic heterocycles. The van der Waals surface area contributed by atoms with E-state index in [4.69, 9.17) is 4.74 Å². The number of halogens is 3. The van der Waals surface area contributed by atoms with Gasteiger partial charge in [0.15, 0.2) is 0 Å². The fraction of sp³-hybridized carbons (Fsp3) is 0.417. The fourth-order valence-electron chi connectivity index (χ4n) is 1.47. The molecule has 1 aromatic carbocycles. The highest BCUT2D eigenvalue weighted by Crippen LogP contribution is 2.26. The number of rotatable bonds is 5. The molecule has 0 aliphatic rings. The molecule has 0 saturated carbocycles. The van der Waals surface area contributed by atoms with E-state index in [1.807, 2.05) is 0 Å². The Kier molecular flexibility index (Phi) is 5.55. The molecule has 94 valence electrons. The van der Waals surface area contributed by atoms with E-state index >= 15 is 0 Å². The molecule has 0 saturated heterocycles. The SMILES string of the molecule is CCOC(=O)CCc1cc(Br)ccc1C(F)F. The molecular weight excluding hydrogens is 294 g/mol. The van der Waals surface area contributed by atoms with Crippen molar-refractivity contribution in [2.45, 2.75) is 26.2 Å². The van der Waals surface area contributed by atoms with Crippen LogP contribution in [0, 0.1) is 0 Å². The van der Waals surface area contributed by atoms with E-state index in [9.17, 15) is 13.6 Å². The molecule has 1 aromatic rings. The number of hydrogen-bond acceptors (Lipinski definition) is 2. The smallest absolute Gasteiger partial charge is 0.306 e. The molecule has 0 radical (unpaired) electrons. The summed E-state index contributed by atoms with van der Waals surface area (Å²) in [4.78, 5) is 11.2. The second kappa shape index (κ2) is 6.69. The van der Waals surface area contributed by atoms with Gasteiger partial charge in [0.2, 0.25) is 0 Å². The lowest BCUT2D eigenvalue weighted by atomic mass is 10.0. The van der Waals surface area contributed by atoms with E-state index in [0.717, 1.165) is 4.47 Å². The zero-order chi connectivity index (χ0) is 12.8. The zero-order valence-electron chi connectivity index (χ0n) is 9.38. The molecule has 0 unspecified atom stereocenters. The highest BCUT2D eigenvalue weighted by molar-refractivity contribution is 9.10. The average molecular weight is 307 g/mol. The number of hydrogen-bond donors (Lipinski definition) is 0. The summed E-state index contributed by atoms with van der Waals surface area (Å²) < 4.78 is 30.9. The molecule has 0 spiro atoms. The summed E-state index contributed by atoms with van der Waals surface area (Å²) in [6, 6.07) is 4.55. The summed E-state index contributed by atoms with van der Waals surface area (Å²) in [7, 11) is 0. The predicted octanol–water partition coefficient (Wildman–Crippen LogP) is 3.88. The Labute approximate surface area is 107 Å². The largest absolute Gasteiger partial charge is 0.466 e. The Morgan fingerprint density at radius 2 is 2.18 bits per heavy atom. The molecule has 0 heterocycles. The van der Waals surface area contributed by atoms with Gasteiger partial charge in [-0.1, -0.05) is 22.0 Å². The molecule has 0 aliphatic carbocycles. The normalized spacial score (nSPS) is 10.6. The molecule has 5 heteroatoms. The van der Waals surface area contributed by atoms with Crippen LogP contribution in [0.2, 0.25) is 0 Å². The number of alkyl halides is 2. The lowest BCUT2D eigenvalue weighted by Gasteiger charge is -2.09. The van der Waals surface area contributed by atoms with Gasteiger partial charge in [-0.2, -0.15) is 0 Å². The van der Waals surface area contributed by atoms with Crippen molar-refractivity contribution in [3.63, 3.8) is 0 Å². The summed E-state index contributed by atoms with van der Waals surface area (Å²) in [6.45, 7) is 2.01. The van der Waals surface area contributed by atoms with Crippen LogP contribution >= 0.6 is 15.9 Å². The number of carbonyl (C=O) groups is 1. The van der Waals surface area contributed by atoms with Crippen molar-refractivity contribution in [1.29, 1.82) is 0 Å². The summed E-state index contributed by atoms with van der Waals surface area (Å²) in [6.07, 6.45) is -2.15. The summed E-state index contributed by atoms with van der Waals surface area (Å²) in [5.74, 6) is -0.368. The van der Waals surface area contributed by atoms with E-state index in [2.05, 4.69) is 15.9 Å². The van der Waals surface area contributed by atoms with Crippen LogP contribution in [0.15, 0.2) is 22.7 Å². The molecule has 0 atom stereocenters. The fourth-order valence-corrected chi connectivity index (χ4v) is 1.88. The second-order valence-electron chi connectivity index (χ2n) is 3.45. The van der Waals surface area contributed by atoms with E-state index < -0.39 is 6.43 Å². The minimum atomic E-state index is -2.53. The van der Waals surface area contributed by atoms with Crippen LogP contribution in [0.25, 0.3) is 0 Å². The summed E-state index contributed by atoms with van der Waals surface area (Å²) >= 11 is 3.22. The van der Waals surface area contributed by atoms with Crippen LogP contribution in [0.1, 0.15) is 30.9 Å². The Morgan fingerprint density at radius 1 is 1.47 bits per heavy atom. The first kappa shape index (κ1) is 14.1. The van der Waals surface area contributed by atoms with Crippen molar-refractivity contribution in [3.05, 3.63) is 33.8 Å². The van der Waals surface area contributed by atoms with Gasteiger partial charge in [0.05, 0.1) is 6.61 Å². The maximum atomic E-state index is 12.7. The van der Waals surface area contributed by atoms with E-state index in [1.165, 1.54) is 6.07 Å². The number of ether oxygens (including phenoxy) is 1. The number of aryl methyl sites for hydroxylation is 1. The molecule has 1 rings (SSSR count). The number of benzene rings is 1. The van der Waals surface area contributed by atoms with Crippen molar-refractivity contribution >= 4 is 21.9 Å². The first-order valence-corrected chi connectivity index (χ1v) is 6.06. The zero-order valence-corrected chi connectivity index (χ0v) is 11.0. The van der Waals surface area contributed by atoms with E-state index in [0.29, 0.717) is 12.2 Å². The maximum absolute atomic E-state index is 12.7. The topological polar surface area (TPSA) is 26.3 Å². The Balaban J connectivity index is 2.75. The minimum absolute atomic E-state index is 0.0301. The number of esters is 1. The third-order valence-corrected chi connectivity index (χ3v) is 2.74. The standard InChI is InChI=1S/C12H13BrF2O2/c1-2-17-11(16)6-3-8-7-9(13)4-5-10(8)12(14)15/h4-5,7,12H,2-3,6H2,1H3. The van der Waals surface area contributed by atoms with Gasteiger partial charge < -0.3 is 4.74 Å². The molecule has 0 fully saturated rings. The van der Waals surface area contributed by atoms with Crippen LogP contribution in [0.5, 0.6) is 0 Å². The van der Waals surface area contributed by atoms with Gasteiger partial charge in [0, 0.05) is 16.5 Å². The second-order valence-corrected chi connectivity index (χ2v) is 4.36. The summed E-state index contributed by atoms with van der Waals surface area (Å²) in [5, 5.41) is 0. The first-order valence-electron chi connectivity index (χ1n) is 5.26. The van der Waals surface area contributed by atoms with Crippen molar-refractivity contribution in [2.24, 2.45) is 0 Å². The summed E-state index contributed by atoms with van der Waals surface area (Å²) in [5.41, 5.74) is 0.444. The lowest BCUT2D eigenvalue weighted by Crippen LogP contribution is -2.06. The van der Waals surface area contributed by atoms with Gasteiger partial charge in [0.25, 0.3) is 6.43 Å². The Morgan fingerprint density at radius 3 is 2.76 bits per heavy atom. The van der Waals surface area contributed by atoms with Gasteiger partial charge in [-0.05, 0) is 31.0 Å². The maximum Gasteiger partial charge on any atom is 0.306 e. The third-order valence-electron chi connectivity index (χ3n) is 2.24. The molecular formula is C12H13BrF2O2. The molecule has 17 heavy (non-hydrogen) atoms. The van der Waals surface area contributed by atoms with Gasteiger partial charge in [-0.25, -0.2) is 8.78 Å². The third kappa shape index (κ3) is 4.42. The van der Waals surface area contributed by atoms with Gasteiger partial charge in [-0.15, -0.1) is 0 Å². The molecule has 0 amide bonds. The molecule has 0 aliphatic heterocycles. The van der Waals surface area contributed by atoms with E-state index in [-0.39, 0.29) is 24.4 Å². The Hall–Kier alpha value is -0.970. The monoisotopic (exact) mass is 306 g/mol. The predicted molar refractivity (Wildman–Crippen MR) is 64.1 cm³/mol. The van der Waals surface area contributed by atoms with Gasteiger partial charge >= 0.3 is 5.97 Å². The quantitative estimate of drug-likeness (QED) is 0.772. The van der Waals surface area contributed by atoms with Crippen LogP contribution < -0.4 is 0 Å². The molecule has 2 nitrogen and oxygen atoms in total. The molecule has 0 N–H and O–H groups in total. The van der Waals surface area contributed by atoms with Crippen LogP contribution in [-0.4, -0.2) is 12.6 Å². The van der Waals surface area contributed by atoms with Crippen molar-refractivity contribution < 1.29 is 18.3 Å². The van der Waals surface area contributed by atoms with E-state index in [1.54, 1.807) is 19.1 Å². The number of carbonyl (C=O) groups excluding carboxylic acids is 1. The average Bonchev–Trinajstić information content (AvgIpc) is 2.26. The van der Waals surface area contributed by atoms with Crippen molar-refractivity contribution in [3.8, 4) is 0 Å². The van der Waals surface area contributed by atoms with Crippen molar-refractivity contribution in [2.75, 3.05) is 6.61 Å². The molecule has 0 bridgehead atoms. The first-order chi connectivity index (χ1) is 8.04. The minimum Gasteiger partial charge on any atom is -0.466 e. The van der Waals surface area contributed by atoms with Crippen LogP contribution in [0.3, 0.4) is 0 Å². The van der Waals surface area contributed by atoms with Crippen LogP contribution in [0.4, 0.5) is 8.78 Å². The van der Waals surface area contributed by atoms with Gasteiger partial charge in [-0.3, -0.25) is 4.79 Å². The highest BCUT2D eigenvalue weighted by atomic mass is 79.9.